The van der Waals surface area contributed by atoms with Crippen molar-refractivity contribution in [3.8, 4) is 0 Å². The quantitative estimate of drug-likeness (QED) is 0.617. The van der Waals surface area contributed by atoms with Crippen LogP contribution in [0.25, 0.3) is 11.6 Å². The third-order valence-electron chi connectivity index (χ3n) is 6.67. The number of benzene rings is 1. The highest BCUT2D eigenvalue weighted by Crippen LogP contribution is 2.54. The third-order valence-corrected chi connectivity index (χ3v) is 6.67. The molecule has 1 heterocycles. The second-order valence-corrected chi connectivity index (χ2v) is 9.56. The lowest BCUT2D eigenvalue weighted by molar-refractivity contribution is 0.264. The maximum Gasteiger partial charge on any atom is 0.159 e. The van der Waals surface area contributed by atoms with Crippen LogP contribution < -0.4 is 0 Å². The van der Waals surface area contributed by atoms with E-state index < -0.39 is 0 Å². The Hall–Kier alpha value is -1.83. The Labute approximate surface area is 158 Å². The Morgan fingerprint density at radius 3 is 2.31 bits per heavy atom. The summed E-state index contributed by atoms with van der Waals surface area (Å²) in [4.78, 5) is 0. The first-order valence-electron chi connectivity index (χ1n) is 9.82. The molecule has 0 aliphatic heterocycles. The topological polar surface area (TPSA) is 26.0 Å². The van der Waals surface area contributed by atoms with Gasteiger partial charge in [-0.3, -0.25) is 0 Å². The van der Waals surface area contributed by atoms with Crippen LogP contribution in [0.4, 0.5) is 0 Å². The summed E-state index contributed by atoms with van der Waals surface area (Å²) in [7, 11) is 0. The monoisotopic (exact) mass is 351 g/mol. The van der Waals surface area contributed by atoms with Gasteiger partial charge >= 0.3 is 0 Å². The van der Waals surface area contributed by atoms with Gasteiger partial charge in [0.15, 0.2) is 5.76 Å². The first kappa shape index (κ1) is 18.9. The Bertz CT molecular complexity index is 822. The summed E-state index contributed by atoms with van der Waals surface area (Å²) in [5, 5.41) is 3.83. The fraction of sp³-hybridized carbons (Fsp3) is 0.542. The first-order chi connectivity index (χ1) is 12.0. The molecular formula is C24H33NO. The number of aromatic nitrogens is 1. The zero-order valence-corrected chi connectivity index (χ0v) is 17.6. The minimum atomic E-state index is 0.177. The first-order valence-corrected chi connectivity index (χ1v) is 9.82. The molecule has 1 aliphatic rings. The van der Waals surface area contributed by atoms with Crippen molar-refractivity contribution in [3.63, 3.8) is 0 Å². The van der Waals surface area contributed by atoms with Gasteiger partial charge in [-0.15, -0.1) is 0 Å². The molecular weight excluding hydrogens is 318 g/mol. The summed E-state index contributed by atoms with van der Waals surface area (Å²) in [5.41, 5.74) is 7.46. The minimum Gasteiger partial charge on any atom is -0.357 e. The van der Waals surface area contributed by atoms with E-state index in [4.69, 9.17) is 4.52 Å². The van der Waals surface area contributed by atoms with Crippen LogP contribution in [0.3, 0.4) is 0 Å². The van der Waals surface area contributed by atoms with E-state index in [1.165, 1.54) is 27.8 Å². The van der Waals surface area contributed by atoms with Crippen molar-refractivity contribution in [2.75, 3.05) is 0 Å². The Morgan fingerprint density at radius 1 is 1.15 bits per heavy atom. The van der Waals surface area contributed by atoms with Gasteiger partial charge in [0.1, 0.15) is 0 Å². The Kier molecular flexibility index (Phi) is 4.67. The molecule has 2 nitrogen and oxygen atoms in total. The number of allylic oxidation sites excluding steroid dienone is 1. The predicted molar refractivity (Wildman–Crippen MR) is 110 cm³/mol. The van der Waals surface area contributed by atoms with Gasteiger partial charge in [0.25, 0.3) is 0 Å². The normalized spacial score (nSPS) is 21.3. The van der Waals surface area contributed by atoms with E-state index in [0.717, 1.165) is 12.2 Å². The lowest BCUT2D eigenvalue weighted by Crippen LogP contribution is -2.30. The molecule has 0 saturated heterocycles. The molecule has 0 amide bonds. The van der Waals surface area contributed by atoms with Crippen LogP contribution in [0.2, 0.25) is 0 Å². The average Bonchev–Trinajstić information content (AvgIpc) is 3.09. The Morgan fingerprint density at radius 2 is 1.77 bits per heavy atom. The van der Waals surface area contributed by atoms with Gasteiger partial charge in [-0.2, -0.15) is 0 Å². The summed E-state index contributed by atoms with van der Waals surface area (Å²) < 4.78 is 5.30. The molecule has 1 aromatic heterocycles. The Balaban J connectivity index is 2.20. The smallest absolute Gasteiger partial charge is 0.159 e. The number of hydrogen-bond acceptors (Lipinski definition) is 2. The predicted octanol–water partition coefficient (Wildman–Crippen LogP) is 6.64. The summed E-state index contributed by atoms with van der Waals surface area (Å²) >= 11 is 0. The van der Waals surface area contributed by atoms with Crippen molar-refractivity contribution >= 4 is 11.6 Å². The lowest BCUT2D eigenvalue weighted by Gasteiger charge is -2.32. The fourth-order valence-electron chi connectivity index (χ4n) is 4.65. The molecule has 0 saturated carbocycles. The molecule has 0 fully saturated rings. The molecule has 1 unspecified atom stereocenters. The second-order valence-electron chi connectivity index (χ2n) is 9.56. The molecule has 26 heavy (non-hydrogen) atoms. The standard InChI is InChI=1S/C24H33NO/c1-15(2)11-18-13-21-22(24(7,8)17(4)23(21,5)6)14-20(18)16(3)12-19-9-10-25-26-19/h9-10,12-15,17H,11H2,1-8H3. The zero-order valence-electron chi connectivity index (χ0n) is 17.6. The van der Waals surface area contributed by atoms with Gasteiger partial charge in [0.2, 0.25) is 0 Å². The molecule has 2 heteroatoms. The van der Waals surface area contributed by atoms with Gasteiger partial charge in [0.05, 0.1) is 6.20 Å². The third kappa shape index (κ3) is 3.04. The van der Waals surface area contributed by atoms with Gasteiger partial charge in [-0.25, -0.2) is 0 Å². The van der Waals surface area contributed by atoms with E-state index >= 15 is 0 Å². The molecule has 1 aliphatic carbocycles. The van der Waals surface area contributed by atoms with E-state index in [1.54, 1.807) is 6.20 Å². The zero-order chi connectivity index (χ0) is 19.3. The highest BCUT2D eigenvalue weighted by molar-refractivity contribution is 5.81. The SMILES string of the molecule is CC(=Cc1ccno1)c1cc2c(cc1CC(C)C)C(C)(C)C(C)C2(C)C. The van der Waals surface area contributed by atoms with E-state index in [9.17, 15) is 0 Å². The summed E-state index contributed by atoms with van der Waals surface area (Å²) in [6.45, 7) is 18.8. The highest BCUT2D eigenvalue weighted by Gasteiger charge is 2.48. The maximum atomic E-state index is 5.30. The fourth-order valence-corrected chi connectivity index (χ4v) is 4.65. The van der Waals surface area contributed by atoms with Gasteiger partial charge in [0, 0.05) is 6.07 Å². The molecule has 1 atom stereocenters. The number of rotatable bonds is 4. The number of nitrogens with zero attached hydrogens (tertiary/aromatic N) is 1. The van der Waals surface area contributed by atoms with Crippen LogP contribution in [0.5, 0.6) is 0 Å². The molecule has 0 bridgehead atoms. The minimum absolute atomic E-state index is 0.177. The molecule has 140 valence electrons. The van der Waals surface area contributed by atoms with Crippen LogP contribution in [-0.2, 0) is 17.3 Å². The summed E-state index contributed by atoms with van der Waals surface area (Å²) in [5.74, 6) is 2.04. The second kappa shape index (κ2) is 6.40. The average molecular weight is 352 g/mol. The molecule has 0 N–H and O–H groups in total. The van der Waals surface area contributed by atoms with Gasteiger partial charge < -0.3 is 4.52 Å². The van der Waals surface area contributed by atoms with Crippen LogP contribution in [0.15, 0.2) is 28.9 Å². The molecule has 1 aromatic carbocycles. The number of hydrogen-bond donors (Lipinski definition) is 0. The van der Waals surface area contributed by atoms with E-state index in [-0.39, 0.29) is 10.8 Å². The van der Waals surface area contributed by atoms with E-state index in [2.05, 4.69) is 78.8 Å². The summed E-state index contributed by atoms with van der Waals surface area (Å²) in [6, 6.07) is 6.86. The molecule has 0 spiro atoms. The molecule has 3 rings (SSSR count). The lowest BCUT2D eigenvalue weighted by atomic mass is 9.71. The van der Waals surface area contributed by atoms with Crippen molar-refractivity contribution in [2.45, 2.75) is 72.6 Å². The van der Waals surface area contributed by atoms with Crippen molar-refractivity contribution in [1.29, 1.82) is 0 Å². The van der Waals surface area contributed by atoms with Crippen LogP contribution in [0.1, 0.15) is 83.4 Å². The van der Waals surface area contributed by atoms with Crippen LogP contribution in [-0.4, -0.2) is 5.16 Å². The largest absolute Gasteiger partial charge is 0.357 e. The van der Waals surface area contributed by atoms with Gasteiger partial charge in [-0.1, -0.05) is 65.8 Å². The van der Waals surface area contributed by atoms with Gasteiger partial charge in [-0.05, 0) is 69.9 Å². The van der Waals surface area contributed by atoms with Crippen molar-refractivity contribution in [3.05, 3.63) is 52.4 Å². The number of fused-ring (bicyclic) bond motifs is 1. The maximum absolute atomic E-state index is 5.30. The molecule has 0 radical (unpaired) electrons. The van der Waals surface area contributed by atoms with Crippen LogP contribution >= 0.6 is 0 Å². The molecule has 2 aromatic rings. The van der Waals surface area contributed by atoms with E-state index in [1.807, 2.05) is 6.07 Å². The van der Waals surface area contributed by atoms with Crippen molar-refractivity contribution in [2.24, 2.45) is 11.8 Å². The van der Waals surface area contributed by atoms with Crippen LogP contribution in [0, 0.1) is 11.8 Å². The van der Waals surface area contributed by atoms with Crippen molar-refractivity contribution < 1.29 is 4.52 Å². The van der Waals surface area contributed by atoms with E-state index in [0.29, 0.717) is 11.8 Å². The highest BCUT2D eigenvalue weighted by atomic mass is 16.5. The summed E-state index contributed by atoms with van der Waals surface area (Å²) in [6.07, 6.45) is 4.90. The van der Waals surface area contributed by atoms with Crippen molar-refractivity contribution in [1.82, 2.24) is 5.16 Å².